The van der Waals surface area contributed by atoms with Gasteiger partial charge in [-0.15, -0.1) is 0 Å². The van der Waals surface area contributed by atoms with Gasteiger partial charge in [0.15, 0.2) is 6.10 Å². The molecule has 0 amide bonds. The Balaban J connectivity index is 0.000000317. The molecule has 5 fully saturated rings. The Morgan fingerprint density at radius 1 is 0.763 bits per heavy atom. The summed E-state index contributed by atoms with van der Waals surface area (Å²) in [5.74, 6) is 1.89. The van der Waals surface area contributed by atoms with E-state index in [9.17, 15) is 9.59 Å². The second-order valence-electron chi connectivity index (χ2n) is 14.1. The van der Waals surface area contributed by atoms with Crippen molar-refractivity contribution in [3.63, 3.8) is 0 Å². The monoisotopic (exact) mass is 534 g/mol. The zero-order chi connectivity index (χ0) is 27.3. The fourth-order valence-electron chi connectivity index (χ4n) is 7.05. The van der Waals surface area contributed by atoms with Crippen LogP contribution < -0.4 is 0 Å². The van der Waals surface area contributed by atoms with E-state index in [2.05, 4.69) is 34.6 Å². The average Bonchev–Trinajstić information content (AvgIpc) is 3.49. The van der Waals surface area contributed by atoms with Crippen molar-refractivity contribution in [2.45, 2.75) is 143 Å². The molecule has 0 aromatic carbocycles. The van der Waals surface area contributed by atoms with Crippen LogP contribution in [0.15, 0.2) is 0 Å². The smallest absolute Gasteiger partial charge is 0.314 e. The Hall–Kier alpha value is -1.14. The first-order valence-corrected chi connectivity index (χ1v) is 15.8. The second-order valence-corrected chi connectivity index (χ2v) is 14.1. The van der Waals surface area contributed by atoms with E-state index >= 15 is 0 Å². The Kier molecular flexibility index (Phi) is 10.6. The lowest BCUT2D eigenvalue weighted by molar-refractivity contribution is -0.162. The highest BCUT2D eigenvalue weighted by Gasteiger charge is 2.53. The molecule has 6 nitrogen and oxygen atoms in total. The summed E-state index contributed by atoms with van der Waals surface area (Å²) < 4.78 is 23.2. The van der Waals surface area contributed by atoms with Crippen molar-refractivity contribution in [2.75, 3.05) is 13.2 Å². The first kappa shape index (κ1) is 29.8. The molecule has 0 aromatic rings. The molecule has 4 atom stereocenters. The minimum atomic E-state index is -0.422. The highest BCUT2D eigenvalue weighted by atomic mass is 16.6. The lowest BCUT2D eigenvalue weighted by Crippen LogP contribution is -2.38. The molecule has 0 aromatic heterocycles. The summed E-state index contributed by atoms with van der Waals surface area (Å²) in [6.45, 7) is 12.1. The SMILES string of the molecule is CC(C)C1CCCCC1.CC1CCC(C(=O)OC2COC3C(C(=O)OC4CCC(C)(C)CC4)COC23)CC1. The van der Waals surface area contributed by atoms with Crippen LogP contribution in [0.25, 0.3) is 0 Å². The third kappa shape index (κ3) is 7.96. The molecule has 0 radical (unpaired) electrons. The van der Waals surface area contributed by atoms with Gasteiger partial charge in [-0.3, -0.25) is 9.59 Å². The van der Waals surface area contributed by atoms with Gasteiger partial charge in [0.25, 0.3) is 0 Å². The number of rotatable bonds is 5. The molecule has 3 saturated carbocycles. The van der Waals surface area contributed by atoms with Crippen molar-refractivity contribution in [3.8, 4) is 0 Å². The van der Waals surface area contributed by atoms with Crippen LogP contribution in [-0.2, 0) is 28.5 Å². The first-order chi connectivity index (χ1) is 18.1. The van der Waals surface area contributed by atoms with E-state index in [0.717, 1.165) is 63.2 Å². The van der Waals surface area contributed by atoms with Gasteiger partial charge in [0.05, 0.1) is 19.1 Å². The molecule has 3 aliphatic carbocycles. The molecule has 38 heavy (non-hydrogen) atoms. The molecular weight excluding hydrogens is 480 g/mol. The van der Waals surface area contributed by atoms with Crippen LogP contribution in [0.5, 0.6) is 0 Å². The number of hydrogen-bond donors (Lipinski definition) is 0. The van der Waals surface area contributed by atoms with Gasteiger partial charge >= 0.3 is 11.9 Å². The minimum Gasteiger partial charge on any atom is -0.462 e. The van der Waals surface area contributed by atoms with Gasteiger partial charge in [0, 0.05) is 0 Å². The number of ether oxygens (including phenoxy) is 4. The second kappa shape index (κ2) is 13.5. The van der Waals surface area contributed by atoms with Crippen LogP contribution in [0, 0.1) is 35.0 Å². The summed E-state index contributed by atoms with van der Waals surface area (Å²) >= 11 is 0. The minimum absolute atomic E-state index is 0.00158. The first-order valence-electron chi connectivity index (χ1n) is 15.8. The summed E-state index contributed by atoms with van der Waals surface area (Å²) in [4.78, 5) is 25.3. The van der Waals surface area contributed by atoms with E-state index in [-0.39, 0.29) is 42.8 Å². The maximum absolute atomic E-state index is 12.7. The van der Waals surface area contributed by atoms with Gasteiger partial charge in [-0.05, 0) is 74.5 Å². The molecule has 4 unspecified atom stereocenters. The van der Waals surface area contributed by atoms with Crippen molar-refractivity contribution in [2.24, 2.45) is 35.0 Å². The van der Waals surface area contributed by atoms with Crippen LogP contribution in [-0.4, -0.2) is 49.6 Å². The molecule has 2 saturated heterocycles. The molecule has 0 N–H and O–H groups in total. The number of carbonyl (C=O) groups is 2. The van der Waals surface area contributed by atoms with E-state index in [1.54, 1.807) is 0 Å². The van der Waals surface area contributed by atoms with Gasteiger partial charge in [-0.25, -0.2) is 0 Å². The highest BCUT2D eigenvalue weighted by molar-refractivity contribution is 5.74. The molecule has 6 heteroatoms. The van der Waals surface area contributed by atoms with Crippen LogP contribution in [0.2, 0.25) is 0 Å². The lowest BCUT2D eigenvalue weighted by atomic mass is 9.76. The summed E-state index contributed by atoms with van der Waals surface area (Å²) in [6, 6.07) is 0. The van der Waals surface area contributed by atoms with Crippen LogP contribution in [0.1, 0.15) is 118 Å². The van der Waals surface area contributed by atoms with Crippen molar-refractivity contribution in [1.29, 1.82) is 0 Å². The van der Waals surface area contributed by atoms with Crippen molar-refractivity contribution < 1.29 is 28.5 Å². The van der Waals surface area contributed by atoms with Crippen molar-refractivity contribution >= 4 is 11.9 Å². The quantitative estimate of drug-likeness (QED) is 0.358. The van der Waals surface area contributed by atoms with E-state index in [1.807, 2.05) is 0 Å². The Morgan fingerprint density at radius 2 is 1.39 bits per heavy atom. The van der Waals surface area contributed by atoms with E-state index in [0.29, 0.717) is 17.9 Å². The van der Waals surface area contributed by atoms with Gasteiger partial charge in [0.2, 0.25) is 0 Å². The third-order valence-corrected chi connectivity index (χ3v) is 10.1. The van der Waals surface area contributed by atoms with E-state index < -0.39 is 12.0 Å². The van der Waals surface area contributed by atoms with Crippen LogP contribution >= 0.6 is 0 Å². The van der Waals surface area contributed by atoms with Gasteiger partial charge < -0.3 is 18.9 Å². The molecule has 0 spiro atoms. The van der Waals surface area contributed by atoms with Gasteiger partial charge in [-0.1, -0.05) is 66.7 Å². The predicted molar refractivity (Wildman–Crippen MR) is 148 cm³/mol. The summed E-state index contributed by atoms with van der Waals surface area (Å²) in [7, 11) is 0. The lowest BCUT2D eigenvalue weighted by Gasteiger charge is -2.34. The van der Waals surface area contributed by atoms with E-state index in [4.69, 9.17) is 18.9 Å². The summed E-state index contributed by atoms with van der Waals surface area (Å²) in [6.07, 6.45) is 14.3. The van der Waals surface area contributed by atoms with Gasteiger partial charge in [0.1, 0.15) is 24.2 Å². The Bertz CT molecular complexity index is 754. The number of carbonyl (C=O) groups excluding carboxylic acids is 2. The maximum atomic E-state index is 12.7. The predicted octanol–water partition coefficient (Wildman–Crippen LogP) is 6.87. The van der Waals surface area contributed by atoms with Crippen LogP contribution in [0.4, 0.5) is 0 Å². The van der Waals surface area contributed by atoms with Gasteiger partial charge in [-0.2, -0.15) is 0 Å². The molecule has 5 aliphatic rings. The van der Waals surface area contributed by atoms with E-state index in [1.165, 1.54) is 32.1 Å². The molecular formula is C32H54O6. The third-order valence-electron chi connectivity index (χ3n) is 10.1. The zero-order valence-corrected chi connectivity index (χ0v) is 24.8. The largest absolute Gasteiger partial charge is 0.462 e. The maximum Gasteiger partial charge on any atom is 0.314 e. The number of esters is 2. The van der Waals surface area contributed by atoms with Crippen LogP contribution in [0.3, 0.4) is 0 Å². The molecule has 2 heterocycles. The zero-order valence-electron chi connectivity index (χ0n) is 24.8. The topological polar surface area (TPSA) is 71.1 Å². The standard InChI is InChI=1S/C23H36O6.C9H18/c1-14-4-6-15(7-5-14)21(24)29-18-13-27-19-17(12-26-20(18)19)22(25)28-16-8-10-23(2,3)11-9-16;1-8(2)9-6-4-3-5-7-9/h14-20H,4-13H2,1-3H3;8-9H,3-7H2,1-2H3. The highest BCUT2D eigenvalue weighted by Crippen LogP contribution is 2.39. The fraction of sp³-hybridized carbons (Fsp3) is 0.938. The molecule has 5 rings (SSSR count). The molecule has 0 bridgehead atoms. The summed E-state index contributed by atoms with van der Waals surface area (Å²) in [5, 5.41) is 0. The number of hydrogen-bond acceptors (Lipinski definition) is 6. The fourth-order valence-corrected chi connectivity index (χ4v) is 7.05. The Labute approximate surface area is 231 Å². The molecule has 2 aliphatic heterocycles. The average molecular weight is 535 g/mol. The van der Waals surface area contributed by atoms with Crippen molar-refractivity contribution in [3.05, 3.63) is 0 Å². The Morgan fingerprint density at radius 3 is 2.00 bits per heavy atom. The normalized spacial score (nSPS) is 35.7. The number of fused-ring (bicyclic) bond motifs is 1. The molecule has 218 valence electrons. The summed E-state index contributed by atoms with van der Waals surface area (Å²) in [5.41, 5.74) is 0.340. The van der Waals surface area contributed by atoms with Crippen molar-refractivity contribution in [1.82, 2.24) is 0 Å².